The van der Waals surface area contributed by atoms with E-state index in [1.807, 2.05) is 0 Å². The molecule has 1 aromatic carbocycles. The highest BCUT2D eigenvalue weighted by Gasteiger charge is 2.17. The number of carbonyl (C=O) groups is 1. The van der Waals surface area contributed by atoms with Gasteiger partial charge >= 0.3 is 5.97 Å². The highest BCUT2D eigenvalue weighted by molar-refractivity contribution is 6.31. The van der Waals surface area contributed by atoms with Crippen LogP contribution in [0.15, 0.2) is 18.2 Å². The third kappa shape index (κ3) is 2.43. The Morgan fingerprint density at radius 2 is 2.21 bits per heavy atom. The Morgan fingerprint density at radius 1 is 1.57 bits per heavy atom. The molecule has 0 aliphatic rings. The number of hydrogen-bond acceptors (Lipinski definition) is 2. The second-order valence-electron chi connectivity index (χ2n) is 2.76. The van der Waals surface area contributed by atoms with E-state index in [0.717, 1.165) is 6.07 Å². The zero-order valence-electron chi connectivity index (χ0n) is 7.08. The van der Waals surface area contributed by atoms with Crippen LogP contribution in [-0.4, -0.2) is 22.3 Å². The number of carboxylic acid groups (broad SMARTS) is 1. The number of aliphatic carboxylic acids is 1. The number of halogens is 2. The molecule has 1 rings (SSSR count). The van der Waals surface area contributed by atoms with Gasteiger partial charge in [0.05, 0.1) is 0 Å². The van der Waals surface area contributed by atoms with Crippen LogP contribution in [0.2, 0.25) is 5.02 Å². The summed E-state index contributed by atoms with van der Waals surface area (Å²) in [5, 5.41) is 17.5. The fraction of sp³-hybridized carbons (Fsp3) is 0.222. The Morgan fingerprint density at radius 3 is 2.71 bits per heavy atom. The molecule has 0 amide bonds. The molecule has 1 aromatic rings. The summed E-state index contributed by atoms with van der Waals surface area (Å²) in [6, 6.07) is 4.01. The summed E-state index contributed by atoms with van der Waals surface area (Å²) >= 11 is 5.63. The van der Waals surface area contributed by atoms with Crippen LogP contribution in [0.3, 0.4) is 0 Å². The topological polar surface area (TPSA) is 57.5 Å². The zero-order valence-corrected chi connectivity index (χ0v) is 7.83. The van der Waals surface area contributed by atoms with E-state index in [-0.39, 0.29) is 17.0 Å². The number of carboxylic acids is 1. The zero-order chi connectivity index (χ0) is 10.7. The maximum absolute atomic E-state index is 13.1. The van der Waals surface area contributed by atoms with Gasteiger partial charge in [-0.2, -0.15) is 0 Å². The molecule has 1 atom stereocenters. The summed E-state index contributed by atoms with van der Waals surface area (Å²) in [6.45, 7) is 0. The first kappa shape index (κ1) is 10.9. The Hall–Kier alpha value is -1.13. The van der Waals surface area contributed by atoms with Crippen LogP contribution >= 0.6 is 11.6 Å². The van der Waals surface area contributed by atoms with Gasteiger partial charge < -0.3 is 10.2 Å². The van der Waals surface area contributed by atoms with Crippen LogP contribution in [0.4, 0.5) is 4.39 Å². The van der Waals surface area contributed by atoms with Crippen molar-refractivity contribution in [2.45, 2.75) is 12.5 Å². The van der Waals surface area contributed by atoms with Gasteiger partial charge in [0.2, 0.25) is 0 Å². The van der Waals surface area contributed by atoms with Gasteiger partial charge in [-0.25, -0.2) is 9.18 Å². The van der Waals surface area contributed by atoms with Crippen molar-refractivity contribution in [1.29, 1.82) is 0 Å². The Labute approximate surface area is 84.7 Å². The third-order valence-electron chi connectivity index (χ3n) is 1.74. The van der Waals surface area contributed by atoms with E-state index in [2.05, 4.69) is 0 Å². The van der Waals surface area contributed by atoms with Gasteiger partial charge in [0, 0.05) is 17.0 Å². The molecule has 0 saturated heterocycles. The summed E-state index contributed by atoms with van der Waals surface area (Å²) in [5.74, 6) is -2.01. The number of rotatable bonds is 3. The highest BCUT2D eigenvalue weighted by atomic mass is 35.5. The number of aliphatic hydroxyl groups is 1. The van der Waals surface area contributed by atoms with Crippen LogP contribution in [0.5, 0.6) is 0 Å². The van der Waals surface area contributed by atoms with E-state index < -0.39 is 17.9 Å². The van der Waals surface area contributed by atoms with Crippen molar-refractivity contribution >= 4 is 17.6 Å². The summed E-state index contributed by atoms with van der Waals surface area (Å²) in [5.41, 5.74) is 0.0177. The van der Waals surface area contributed by atoms with Gasteiger partial charge in [-0.1, -0.05) is 17.7 Å². The quantitative estimate of drug-likeness (QED) is 0.808. The molecule has 0 fully saturated rings. The molecule has 0 radical (unpaired) electrons. The van der Waals surface area contributed by atoms with E-state index in [1.54, 1.807) is 0 Å². The molecule has 0 aliphatic heterocycles. The number of hydrogen-bond donors (Lipinski definition) is 2. The van der Waals surface area contributed by atoms with E-state index in [0.29, 0.717) is 0 Å². The molecular formula is C9H8ClFO3. The van der Waals surface area contributed by atoms with Crippen molar-refractivity contribution in [1.82, 2.24) is 0 Å². The lowest BCUT2D eigenvalue weighted by atomic mass is 10.1. The maximum atomic E-state index is 13.1. The lowest BCUT2D eigenvalue weighted by Crippen LogP contribution is -2.22. The fourth-order valence-electron chi connectivity index (χ4n) is 1.01. The van der Waals surface area contributed by atoms with Crippen molar-refractivity contribution < 1.29 is 19.4 Å². The number of benzene rings is 1. The van der Waals surface area contributed by atoms with E-state index >= 15 is 0 Å². The lowest BCUT2D eigenvalue weighted by Gasteiger charge is -2.07. The normalized spacial score (nSPS) is 12.5. The Kier molecular flexibility index (Phi) is 3.43. The minimum atomic E-state index is -1.63. The molecule has 0 heterocycles. The minimum Gasteiger partial charge on any atom is -0.479 e. The summed E-state index contributed by atoms with van der Waals surface area (Å²) in [4.78, 5) is 10.3. The largest absolute Gasteiger partial charge is 0.479 e. The predicted molar refractivity (Wildman–Crippen MR) is 48.8 cm³/mol. The van der Waals surface area contributed by atoms with Crippen molar-refractivity contribution in [3.8, 4) is 0 Å². The summed E-state index contributed by atoms with van der Waals surface area (Å²) in [7, 11) is 0. The molecule has 0 bridgehead atoms. The fourth-order valence-corrected chi connectivity index (χ4v) is 1.25. The Bertz CT molecular complexity index is 334. The van der Waals surface area contributed by atoms with Crippen molar-refractivity contribution in [3.63, 3.8) is 0 Å². The summed E-state index contributed by atoms with van der Waals surface area (Å²) in [6.07, 6.45) is -1.97. The first-order valence-corrected chi connectivity index (χ1v) is 4.24. The smallest absolute Gasteiger partial charge is 0.332 e. The van der Waals surface area contributed by atoms with E-state index in [1.165, 1.54) is 12.1 Å². The Balaban J connectivity index is 2.91. The van der Waals surface area contributed by atoms with Crippen molar-refractivity contribution in [3.05, 3.63) is 34.6 Å². The van der Waals surface area contributed by atoms with Gasteiger partial charge in [0.25, 0.3) is 0 Å². The van der Waals surface area contributed by atoms with Gasteiger partial charge in [-0.15, -0.1) is 0 Å². The standard InChI is InChI=1S/C9H8ClFO3/c10-6-2-1-3-7(11)5(6)4-8(12)9(13)14/h1-3,8,12H,4H2,(H,13,14)/t8-/m1/s1. The maximum Gasteiger partial charge on any atom is 0.332 e. The minimum absolute atomic E-state index is 0.0177. The average Bonchev–Trinajstić information content (AvgIpc) is 2.11. The third-order valence-corrected chi connectivity index (χ3v) is 2.10. The van der Waals surface area contributed by atoms with Crippen molar-refractivity contribution in [2.75, 3.05) is 0 Å². The second-order valence-corrected chi connectivity index (χ2v) is 3.17. The first-order valence-electron chi connectivity index (χ1n) is 3.86. The second kappa shape index (κ2) is 4.39. The van der Waals surface area contributed by atoms with E-state index in [9.17, 15) is 9.18 Å². The van der Waals surface area contributed by atoms with Crippen LogP contribution in [0.25, 0.3) is 0 Å². The lowest BCUT2D eigenvalue weighted by molar-refractivity contribution is -0.146. The molecule has 5 heteroatoms. The molecule has 14 heavy (non-hydrogen) atoms. The van der Waals surface area contributed by atoms with Gasteiger partial charge in [0.15, 0.2) is 6.10 Å². The van der Waals surface area contributed by atoms with Crippen LogP contribution < -0.4 is 0 Å². The van der Waals surface area contributed by atoms with Gasteiger partial charge in [-0.3, -0.25) is 0 Å². The molecular weight excluding hydrogens is 211 g/mol. The average molecular weight is 219 g/mol. The SMILES string of the molecule is O=C(O)[C@H](O)Cc1c(F)cccc1Cl. The predicted octanol–water partition coefficient (Wildman–Crippen LogP) is 1.47. The summed E-state index contributed by atoms with van der Waals surface area (Å²) < 4.78 is 13.1. The molecule has 0 aliphatic carbocycles. The highest BCUT2D eigenvalue weighted by Crippen LogP contribution is 2.20. The van der Waals surface area contributed by atoms with E-state index in [4.69, 9.17) is 21.8 Å². The molecule has 76 valence electrons. The van der Waals surface area contributed by atoms with Crippen molar-refractivity contribution in [2.24, 2.45) is 0 Å². The van der Waals surface area contributed by atoms with Crippen LogP contribution in [0.1, 0.15) is 5.56 Å². The molecule has 0 unspecified atom stereocenters. The van der Waals surface area contributed by atoms with Gasteiger partial charge in [0.1, 0.15) is 5.82 Å². The molecule has 0 spiro atoms. The van der Waals surface area contributed by atoms with Crippen LogP contribution in [-0.2, 0) is 11.2 Å². The van der Waals surface area contributed by atoms with Gasteiger partial charge in [-0.05, 0) is 12.1 Å². The number of aliphatic hydroxyl groups excluding tert-OH is 1. The first-order chi connectivity index (χ1) is 6.52. The monoisotopic (exact) mass is 218 g/mol. The molecule has 3 nitrogen and oxygen atoms in total. The van der Waals surface area contributed by atoms with Crippen LogP contribution in [0, 0.1) is 5.82 Å². The molecule has 2 N–H and O–H groups in total. The molecule has 0 saturated carbocycles. The molecule has 0 aromatic heterocycles.